The SMILES string of the molecule is CCC(Oc1cccc2c1NCCC2)C(N)=O. The molecule has 4 nitrogen and oxygen atoms in total. The molecule has 17 heavy (non-hydrogen) atoms. The van der Waals surface area contributed by atoms with E-state index in [4.69, 9.17) is 10.5 Å². The molecule has 0 radical (unpaired) electrons. The Hall–Kier alpha value is -1.71. The zero-order valence-corrected chi connectivity index (χ0v) is 10.0. The Kier molecular flexibility index (Phi) is 3.52. The molecule has 0 saturated carbocycles. The lowest BCUT2D eigenvalue weighted by molar-refractivity contribution is -0.124. The molecular weight excluding hydrogens is 216 g/mol. The first kappa shape index (κ1) is 11.8. The van der Waals surface area contributed by atoms with Crippen molar-refractivity contribution in [2.24, 2.45) is 5.73 Å². The molecule has 1 aromatic rings. The van der Waals surface area contributed by atoms with Crippen molar-refractivity contribution in [1.82, 2.24) is 0 Å². The number of rotatable bonds is 4. The number of nitrogens with one attached hydrogen (secondary N) is 1. The van der Waals surface area contributed by atoms with E-state index in [-0.39, 0.29) is 0 Å². The van der Waals surface area contributed by atoms with Gasteiger partial charge in [-0.05, 0) is 30.9 Å². The predicted molar refractivity (Wildman–Crippen MR) is 67.2 cm³/mol. The number of hydrogen-bond donors (Lipinski definition) is 2. The molecule has 1 aromatic carbocycles. The van der Waals surface area contributed by atoms with Crippen LogP contribution in [-0.4, -0.2) is 18.6 Å². The third kappa shape index (κ3) is 2.52. The van der Waals surface area contributed by atoms with Crippen molar-refractivity contribution in [3.63, 3.8) is 0 Å². The highest BCUT2D eigenvalue weighted by Gasteiger charge is 2.19. The van der Waals surface area contributed by atoms with Gasteiger partial charge in [-0.1, -0.05) is 19.1 Å². The molecule has 1 heterocycles. The lowest BCUT2D eigenvalue weighted by Crippen LogP contribution is -2.33. The summed E-state index contributed by atoms with van der Waals surface area (Å²) >= 11 is 0. The van der Waals surface area contributed by atoms with Crippen molar-refractivity contribution in [3.8, 4) is 5.75 Å². The first-order valence-corrected chi connectivity index (χ1v) is 6.04. The minimum atomic E-state index is -0.551. The Bertz CT molecular complexity index is 418. The average Bonchev–Trinajstić information content (AvgIpc) is 2.35. The summed E-state index contributed by atoms with van der Waals surface area (Å²) in [5, 5.41) is 3.32. The zero-order valence-electron chi connectivity index (χ0n) is 10.0. The third-order valence-electron chi connectivity index (χ3n) is 2.99. The molecule has 2 rings (SSSR count). The molecule has 0 aromatic heterocycles. The summed E-state index contributed by atoms with van der Waals surface area (Å²) < 4.78 is 5.69. The van der Waals surface area contributed by atoms with Crippen molar-refractivity contribution in [3.05, 3.63) is 23.8 Å². The quantitative estimate of drug-likeness (QED) is 0.833. The number of primary amides is 1. The van der Waals surface area contributed by atoms with Crippen molar-refractivity contribution >= 4 is 11.6 Å². The number of aryl methyl sites for hydroxylation is 1. The molecule has 4 heteroatoms. The van der Waals surface area contributed by atoms with Crippen molar-refractivity contribution in [2.45, 2.75) is 32.3 Å². The molecule has 3 N–H and O–H groups in total. The standard InChI is InChI=1S/C13H18N2O2/c1-2-10(13(14)16)17-11-7-3-5-9-6-4-8-15-12(9)11/h3,5,7,10,15H,2,4,6,8H2,1H3,(H2,14,16). The zero-order chi connectivity index (χ0) is 12.3. The monoisotopic (exact) mass is 234 g/mol. The van der Waals surface area contributed by atoms with Crippen LogP contribution in [0, 0.1) is 0 Å². The number of benzene rings is 1. The van der Waals surface area contributed by atoms with Crippen LogP contribution in [0.2, 0.25) is 0 Å². The fourth-order valence-corrected chi connectivity index (χ4v) is 2.07. The topological polar surface area (TPSA) is 64.3 Å². The Morgan fingerprint density at radius 3 is 3.12 bits per heavy atom. The van der Waals surface area contributed by atoms with Gasteiger partial charge >= 0.3 is 0 Å². The number of carbonyl (C=O) groups excluding carboxylic acids is 1. The normalized spacial score (nSPS) is 15.6. The highest BCUT2D eigenvalue weighted by atomic mass is 16.5. The van der Waals surface area contributed by atoms with Crippen LogP contribution in [0.25, 0.3) is 0 Å². The maximum Gasteiger partial charge on any atom is 0.258 e. The van der Waals surface area contributed by atoms with Gasteiger partial charge < -0.3 is 15.8 Å². The predicted octanol–water partition coefficient (Wildman–Crippen LogP) is 1.69. The average molecular weight is 234 g/mol. The summed E-state index contributed by atoms with van der Waals surface area (Å²) in [6.07, 6.45) is 2.21. The highest BCUT2D eigenvalue weighted by molar-refractivity contribution is 5.79. The van der Waals surface area contributed by atoms with Crippen LogP contribution in [-0.2, 0) is 11.2 Å². The van der Waals surface area contributed by atoms with Gasteiger partial charge in [-0.3, -0.25) is 4.79 Å². The largest absolute Gasteiger partial charge is 0.478 e. The van der Waals surface area contributed by atoms with Gasteiger partial charge in [-0.2, -0.15) is 0 Å². The van der Waals surface area contributed by atoms with E-state index in [1.165, 1.54) is 5.56 Å². The van der Waals surface area contributed by atoms with Gasteiger partial charge in [-0.25, -0.2) is 0 Å². The van der Waals surface area contributed by atoms with Gasteiger partial charge in [-0.15, -0.1) is 0 Å². The van der Waals surface area contributed by atoms with E-state index in [1.54, 1.807) is 0 Å². The number of fused-ring (bicyclic) bond motifs is 1. The lowest BCUT2D eigenvalue weighted by Gasteiger charge is -2.23. The van der Waals surface area contributed by atoms with Gasteiger partial charge in [0.15, 0.2) is 6.10 Å². The van der Waals surface area contributed by atoms with Gasteiger partial charge in [0.05, 0.1) is 5.69 Å². The number of carbonyl (C=O) groups is 1. The van der Waals surface area contributed by atoms with Crippen molar-refractivity contribution in [1.29, 1.82) is 0 Å². The Morgan fingerprint density at radius 2 is 2.41 bits per heavy atom. The van der Waals surface area contributed by atoms with Crippen molar-refractivity contribution < 1.29 is 9.53 Å². The van der Waals surface area contributed by atoms with E-state index < -0.39 is 12.0 Å². The van der Waals surface area contributed by atoms with E-state index in [1.807, 2.05) is 19.1 Å². The first-order valence-electron chi connectivity index (χ1n) is 6.04. The Labute approximate surface area is 101 Å². The second kappa shape index (κ2) is 5.08. The molecular formula is C13H18N2O2. The summed E-state index contributed by atoms with van der Waals surface area (Å²) in [7, 11) is 0. The molecule has 92 valence electrons. The lowest BCUT2D eigenvalue weighted by atomic mass is 10.0. The fraction of sp³-hybridized carbons (Fsp3) is 0.462. The molecule has 0 saturated heterocycles. The molecule has 0 fully saturated rings. The van der Waals surface area contributed by atoms with E-state index in [0.29, 0.717) is 6.42 Å². The van der Waals surface area contributed by atoms with E-state index in [0.717, 1.165) is 30.8 Å². The van der Waals surface area contributed by atoms with Crippen LogP contribution in [0.15, 0.2) is 18.2 Å². The van der Waals surface area contributed by atoms with Crippen LogP contribution >= 0.6 is 0 Å². The minimum absolute atomic E-state index is 0.416. The Morgan fingerprint density at radius 1 is 1.59 bits per heavy atom. The number of ether oxygens (including phenoxy) is 1. The van der Waals surface area contributed by atoms with E-state index in [9.17, 15) is 4.79 Å². The fourth-order valence-electron chi connectivity index (χ4n) is 2.07. The van der Waals surface area contributed by atoms with Crippen LogP contribution in [0.3, 0.4) is 0 Å². The van der Waals surface area contributed by atoms with Gasteiger partial charge in [0, 0.05) is 6.54 Å². The molecule has 0 aliphatic carbocycles. The number of hydrogen-bond acceptors (Lipinski definition) is 3. The van der Waals surface area contributed by atoms with Crippen LogP contribution < -0.4 is 15.8 Å². The first-order chi connectivity index (χ1) is 8.22. The smallest absolute Gasteiger partial charge is 0.258 e. The summed E-state index contributed by atoms with van der Waals surface area (Å²) in [5.74, 6) is 0.314. The third-order valence-corrected chi connectivity index (χ3v) is 2.99. The van der Waals surface area contributed by atoms with E-state index in [2.05, 4.69) is 11.4 Å². The molecule has 1 amide bonds. The molecule has 0 bridgehead atoms. The molecule has 1 aliphatic rings. The number of nitrogens with two attached hydrogens (primary N) is 1. The number of anilines is 1. The second-order valence-corrected chi connectivity index (χ2v) is 4.24. The van der Waals surface area contributed by atoms with Gasteiger partial charge in [0.25, 0.3) is 5.91 Å². The van der Waals surface area contributed by atoms with Crippen molar-refractivity contribution in [2.75, 3.05) is 11.9 Å². The summed E-state index contributed by atoms with van der Waals surface area (Å²) in [6.45, 7) is 2.83. The molecule has 1 atom stereocenters. The summed E-state index contributed by atoms with van der Waals surface area (Å²) in [5.41, 5.74) is 7.54. The minimum Gasteiger partial charge on any atom is -0.478 e. The van der Waals surface area contributed by atoms with Gasteiger partial charge in [0.1, 0.15) is 5.75 Å². The number of para-hydroxylation sites is 1. The second-order valence-electron chi connectivity index (χ2n) is 4.24. The molecule has 0 spiro atoms. The van der Waals surface area contributed by atoms with Crippen LogP contribution in [0.4, 0.5) is 5.69 Å². The summed E-state index contributed by atoms with van der Waals surface area (Å²) in [4.78, 5) is 11.2. The van der Waals surface area contributed by atoms with Gasteiger partial charge in [0.2, 0.25) is 0 Å². The molecule has 1 aliphatic heterocycles. The van der Waals surface area contributed by atoms with E-state index >= 15 is 0 Å². The maximum atomic E-state index is 11.2. The molecule has 1 unspecified atom stereocenters. The number of amides is 1. The Balaban J connectivity index is 2.23. The van der Waals surface area contributed by atoms with Crippen LogP contribution in [0.5, 0.6) is 5.75 Å². The maximum absolute atomic E-state index is 11.2. The highest BCUT2D eigenvalue weighted by Crippen LogP contribution is 2.32. The summed E-state index contributed by atoms with van der Waals surface area (Å²) in [6, 6.07) is 5.91. The van der Waals surface area contributed by atoms with Crippen LogP contribution in [0.1, 0.15) is 25.3 Å².